The van der Waals surface area contributed by atoms with Crippen molar-refractivity contribution in [3.05, 3.63) is 110 Å². The lowest BCUT2D eigenvalue weighted by atomic mass is 10.1. The summed E-state index contributed by atoms with van der Waals surface area (Å²) in [5.74, 6) is 0.953. The Morgan fingerprint density at radius 1 is 0.872 bits per heavy atom. The topological polar surface area (TPSA) is 82.9 Å². The van der Waals surface area contributed by atoms with E-state index in [1.165, 1.54) is 18.0 Å². The van der Waals surface area contributed by atoms with Crippen LogP contribution in [0.2, 0.25) is 0 Å². The van der Waals surface area contributed by atoms with Gasteiger partial charge in [0.05, 0.1) is 27.0 Å². The van der Waals surface area contributed by atoms with Gasteiger partial charge in [-0.05, 0) is 72.5 Å². The first kappa shape index (κ1) is 27.9. The maximum atomic E-state index is 13.9. The molecule has 0 aliphatic rings. The summed E-state index contributed by atoms with van der Waals surface area (Å²) in [7, 11) is 4.49. The third-order valence-corrected chi connectivity index (χ3v) is 6.86. The molecule has 0 radical (unpaired) electrons. The Balaban J connectivity index is 1.86. The lowest BCUT2D eigenvalue weighted by Gasteiger charge is -2.26. The molecule has 0 saturated heterocycles. The second-order valence-corrected chi connectivity index (χ2v) is 9.97. The second-order valence-electron chi connectivity index (χ2n) is 9.05. The number of esters is 1. The Morgan fingerprint density at radius 3 is 1.79 bits per heavy atom. The van der Waals surface area contributed by atoms with Crippen LogP contribution in [0.5, 0.6) is 11.5 Å². The minimum atomic E-state index is -0.751. The summed E-state index contributed by atoms with van der Waals surface area (Å²) < 4.78 is 18.0. The van der Waals surface area contributed by atoms with Crippen molar-refractivity contribution >= 4 is 27.7 Å². The summed E-state index contributed by atoms with van der Waals surface area (Å²) >= 11 is 3.50. The van der Waals surface area contributed by atoms with Crippen molar-refractivity contribution in [2.24, 2.45) is 0 Å². The average Bonchev–Trinajstić information content (AvgIpc) is 2.93. The number of nitrogens with zero attached hydrogens (tertiary/aromatic N) is 3. The van der Waals surface area contributed by atoms with Gasteiger partial charge in [-0.2, -0.15) is 0 Å². The molecule has 1 heterocycles. The largest absolute Gasteiger partial charge is 0.497 e. The molecule has 202 valence electrons. The number of aryl methyl sites for hydroxylation is 2. The average molecular weight is 592 g/mol. The lowest BCUT2D eigenvalue weighted by Crippen LogP contribution is -2.33. The monoisotopic (exact) mass is 591 g/mol. The highest BCUT2D eigenvalue weighted by atomic mass is 79.9. The molecule has 4 aromatic rings. The molecule has 0 saturated carbocycles. The lowest BCUT2D eigenvalue weighted by molar-refractivity contribution is 0.0598. The predicted molar refractivity (Wildman–Crippen MR) is 154 cm³/mol. The first-order valence-electron chi connectivity index (χ1n) is 12.2. The van der Waals surface area contributed by atoms with Gasteiger partial charge >= 0.3 is 5.97 Å². The van der Waals surface area contributed by atoms with Crippen LogP contribution in [0.3, 0.4) is 0 Å². The molecule has 9 heteroatoms. The summed E-state index contributed by atoms with van der Waals surface area (Å²) in [6, 6.07) is 19.1. The van der Waals surface area contributed by atoms with E-state index < -0.39 is 11.5 Å². The molecular formula is C30H30BrN3O5. The fraction of sp³-hybridized carbons (Fsp3) is 0.233. The van der Waals surface area contributed by atoms with Gasteiger partial charge < -0.3 is 19.1 Å². The molecule has 0 atom stereocenters. The van der Waals surface area contributed by atoms with Crippen molar-refractivity contribution in [3.8, 4) is 17.2 Å². The number of anilines is 1. The van der Waals surface area contributed by atoms with E-state index in [1.807, 2.05) is 79.4 Å². The summed E-state index contributed by atoms with van der Waals surface area (Å²) in [4.78, 5) is 33.6. The molecule has 0 spiro atoms. The van der Waals surface area contributed by atoms with Crippen molar-refractivity contribution in [1.29, 1.82) is 0 Å². The zero-order chi connectivity index (χ0) is 28.1. The number of ether oxygens (including phenoxy) is 3. The third kappa shape index (κ3) is 6.15. The fourth-order valence-electron chi connectivity index (χ4n) is 4.52. The van der Waals surface area contributed by atoms with E-state index in [0.717, 1.165) is 38.2 Å². The van der Waals surface area contributed by atoms with Gasteiger partial charge in [-0.25, -0.2) is 9.78 Å². The Labute approximate surface area is 235 Å². The van der Waals surface area contributed by atoms with Gasteiger partial charge in [-0.3, -0.25) is 9.36 Å². The van der Waals surface area contributed by atoms with Crippen molar-refractivity contribution < 1.29 is 19.0 Å². The van der Waals surface area contributed by atoms with Crippen LogP contribution in [0.4, 0.5) is 5.82 Å². The molecule has 0 N–H and O–H groups in total. The predicted octanol–water partition coefficient (Wildman–Crippen LogP) is 5.62. The molecule has 0 amide bonds. The van der Waals surface area contributed by atoms with Gasteiger partial charge in [-0.15, -0.1) is 0 Å². The first-order valence-corrected chi connectivity index (χ1v) is 13.0. The summed E-state index contributed by atoms with van der Waals surface area (Å²) in [6.45, 7) is 4.58. The Bertz CT molecular complexity index is 1460. The van der Waals surface area contributed by atoms with Crippen molar-refractivity contribution in [3.63, 3.8) is 0 Å². The molecule has 8 nitrogen and oxygen atoms in total. The van der Waals surface area contributed by atoms with E-state index in [-0.39, 0.29) is 11.4 Å². The van der Waals surface area contributed by atoms with E-state index in [0.29, 0.717) is 18.8 Å². The van der Waals surface area contributed by atoms with E-state index >= 15 is 0 Å². The smallest absolute Gasteiger partial charge is 0.347 e. The molecule has 0 aliphatic heterocycles. The number of hydrogen-bond donors (Lipinski definition) is 0. The van der Waals surface area contributed by atoms with Crippen LogP contribution in [0.1, 0.15) is 32.6 Å². The van der Waals surface area contributed by atoms with Gasteiger partial charge in [0.2, 0.25) is 0 Å². The molecule has 0 fully saturated rings. The van der Waals surface area contributed by atoms with E-state index in [4.69, 9.17) is 14.2 Å². The number of hydrogen-bond acceptors (Lipinski definition) is 7. The first-order chi connectivity index (χ1) is 18.7. The molecule has 0 bridgehead atoms. The highest BCUT2D eigenvalue weighted by molar-refractivity contribution is 9.10. The summed E-state index contributed by atoms with van der Waals surface area (Å²) in [5.41, 5.74) is 3.66. The number of methoxy groups -OCH3 is 3. The van der Waals surface area contributed by atoms with Crippen molar-refractivity contribution in [1.82, 2.24) is 9.55 Å². The summed E-state index contributed by atoms with van der Waals surface area (Å²) in [5, 5.41) is 0. The number of aromatic nitrogens is 2. The van der Waals surface area contributed by atoms with Gasteiger partial charge in [0.25, 0.3) is 5.56 Å². The third-order valence-electron chi connectivity index (χ3n) is 6.40. The van der Waals surface area contributed by atoms with Crippen molar-refractivity contribution in [2.45, 2.75) is 26.9 Å². The number of carbonyl (C=O) groups is 1. The molecule has 39 heavy (non-hydrogen) atoms. The van der Waals surface area contributed by atoms with Crippen molar-refractivity contribution in [2.75, 3.05) is 26.2 Å². The maximum absolute atomic E-state index is 13.9. The highest BCUT2D eigenvalue weighted by Crippen LogP contribution is 2.26. The van der Waals surface area contributed by atoms with Crippen LogP contribution in [-0.4, -0.2) is 36.8 Å². The molecule has 3 aromatic carbocycles. The van der Waals surface area contributed by atoms with Crippen LogP contribution >= 0.6 is 15.9 Å². The van der Waals surface area contributed by atoms with Crippen LogP contribution in [0.15, 0.2) is 76.3 Å². The second kappa shape index (κ2) is 12.2. The minimum absolute atomic E-state index is 0.135. The van der Waals surface area contributed by atoms with E-state index in [1.54, 1.807) is 14.2 Å². The zero-order valence-electron chi connectivity index (χ0n) is 22.5. The number of carbonyl (C=O) groups excluding carboxylic acids is 1. The van der Waals surface area contributed by atoms with E-state index in [2.05, 4.69) is 20.9 Å². The van der Waals surface area contributed by atoms with Crippen LogP contribution < -0.4 is 19.9 Å². The molecule has 1 aromatic heterocycles. The fourth-order valence-corrected chi connectivity index (χ4v) is 5.20. The zero-order valence-corrected chi connectivity index (χ0v) is 24.1. The highest BCUT2D eigenvalue weighted by Gasteiger charge is 2.26. The molecular weight excluding hydrogens is 562 g/mol. The quantitative estimate of drug-likeness (QED) is 0.233. The normalized spacial score (nSPS) is 10.7. The SMILES string of the molecule is COC(=O)c1c(N(Cc2ccc(OC)cc2)Cc2ccc(OC)cc2)ncn(-c2c(C)cc(Br)cc2C)c1=O. The van der Waals surface area contributed by atoms with Gasteiger partial charge in [0.1, 0.15) is 17.8 Å². The standard InChI is InChI=1S/C30H30BrN3O5/c1-19-14-23(31)15-20(2)27(19)34-18-32-28(26(29(34)35)30(36)39-5)33(16-21-6-10-24(37-3)11-7-21)17-22-8-12-25(38-4)13-9-22/h6-15,18H,16-17H2,1-5H3. The Kier molecular flexibility index (Phi) is 8.71. The van der Waals surface area contributed by atoms with Gasteiger partial charge in [0.15, 0.2) is 11.4 Å². The molecule has 0 aliphatic carbocycles. The van der Waals surface area contributed by atoms with Gasteiger partial charge in [-0.1, -0.05) is 40.2 Å². The minimum Gasteiger partial charge on any atom is -0.497 e. The van der Waals surface area contributed by atoms with E-state index in [9.17, 15) is 9.59 Å². The maximum Gasteiger partial charge on any atom is 0.347 e. The van der Waals surface area contributed by atoms with Crippen LogP contribution in [0.25, 0.3) is 5.69 Å². The van der Waals surface area contributed by atoms with Crippen LogP contribution in [-0.2, 0) is 17.8 Å². The Morgan fingerprint density at radius 2 is 1.36 bits per heavy atom. The summed E-state index contributed by atoms with van der Waals surface area (Å²) in [6.07, 6.45) is 1.47. The number of halogens is 1. The molecule has 4 rings (SSSR count). The van der Waals surface area contributed by atoms with Crippen LogP contribution in [0, 0.1) is 13.8 Å². The van der Waals surface area contributed by atoms with Gasteiger partial charge in [0, 0.05) is 17.6 Å². The molecule has 0 unspecified atom stereocenters. The number of rotatable bonds is 9. The Hall–Kier alpha value is -4.11. The number of benzene rings is 3.